The van der Waals surface area contributed by atoms with Crippen LogP contribution in [0.4, 0.5) is 5.95 Å². The van der Waals surface area contributed by atoms with Crippen LogP contribution in [0.15, 0.2) is 10.1 Å². The number of hydrogen-bond donors (Lipinski definition) is 1. The Kier molecular flexibility index (Phi) is 5.93. The lowest BCUT2D eigenvalue weighted by Crippen LogP contribution is -2.48. The average Bonchev–Trinajstić information content (AvgIpc) is 3.01. The van der Waals surface area contributed by atoms with E-state index in [-0.39, 0.29) is 0 Å². The predicted octanol–water partition coefficient (Wildman–Crippen LogP) is 1.96. The summed E-state index contributed by atoms with van der Waals surface area (Å²) in [5.74, 6) is 1.30. The molecular formula is C18H30N6OS. The molecule has 0 aromatic carbocycles. The van der Waals surface area contributed by atoms with E-state index in [4.69, 9.17) is 9.73 Å². The predicted molar refractivity (Wildman–Crippen MR) is 105 cm³/mol. The topological polar surface area (TPSA) is 67.6 Å². The van der Waals surface area contributed by atoms with E-state index in [0.717, 1.165) is 57.0 Å². The van der Waals surface area contributed by atoms with Crippen LogP contribution in [0.1, 0.15) is 33.1 Å². The van der Waals surface area contributed by atoms with Crippen molar-refractivity contribution < 1.29 is 4.74 Å². The van der Waals surface area contributed by atoms with Crippen LogP contribution >= 0.6 is 11.8 Å². The molecule has 0 bridgehead atoms. The third-order valence-corrected chi connectivity index (χ3v) is 6.19. The quantitative estimate of drug-likeness (QED) is 0.763. The van der Waals surface area contributed by atoms with Crippen molar-refractivity contribution in [3.8, 4) is 0 Å². The summed E-state index contributed by atoms with van der Waals surface area (Å²) in [4.78, 5) is 12.1. The van der Waals surface area contributed by atoms with E-state index < -0.39 is 0 Å². The molecule has 1 saturated heterocycles. The third kappa shape index (κ3) is 4.30. The zero-order chi connectivity index (χ0) is 17.9. The van der Waals surface area contributed by atoms with Gasteiger partial charge in [0.15, 0.2) is 0 Å². The summed E-state index contributed by atoms with van der Waals surface area (Å²) in [7, 11) is 0. The van der Waals surface area contributed by atoms with Crippen LogP contribution < -0.4 is 5.32 Å². The Morgan fingerprint density at radius 1 is 1.27 bits per heavy atom. The molecule has 2 unspecified atom stereocenters. The van der Waals surface area contributed by atoms with Gasteiger partial charge >= 0.3 is 0 Å². The molecule has 8 heteroatoms. The monoisotopic (exact) mass is 378 g/mol. The first kappa shape index (κ1) is 18.4. The molecule has 2 aliphatic heterocycles. The Hall–Kier alpha value is -0.960. The zero-order valence-corrected chi connectivity index (χ0v) is 16.7. The molecule has 1 aromatic heterocycles. The number of aromatic nitrogens is 3. The normalized spacial score (nSPS) is 26.5. The van der Waals surface area contributed by atoms with Crippen molar-refractivity contribution in [2.24, 2.45) is 10.9 Å². The largest absolute Gasteiger partial charge is 0.379 e. The molecule has 0 amide bonds. The van der Waals surface area contributed by atoms with Gasteiger partial charge in [-0.2, -0.15) is 4.98 Å². The summed E-state index contributed by atoms with van der Waals surface area (Å²) in [6, 6.07) is 0.390. The molecule has 144 valence electrons. The number of ether oxygens (including phenoxy) is 1. The van der Waals surface area contributed by atoms with Crippen LogP contribution in [0.2, 0.25) is 0 Å². The van der Waals surface area contributed by atoms with Crippen molar-refractivity contribution >= 4 is 23.4 Å². The van der Waals surface area contributed by atoms with Crippen molar-refractivity contribution in [2.75, 3.05) is 39.4 Å². The fourth-order valence-electron chi connectivity index (χ4n) is 4.03. The van der Waals surface area contributed by atoms with Gasteiger partial charge in [0.2, 0.25) is 11.1 Å². The highest BCUT2D eigenvalue weighted by molar-refractivity contribution is 7.99. The van der Waals surface area contributed by atoms with Gasteiger partial charge in [-0.05, 0) is 12.8 Å². The zero-order valence-electron chi connectivity index (χ0n) is 15.9. The van der Waals surface area contributed by atoms with Crippen LogP contribution in [0.3, 0.4) is 0 Å². The molecule has 1 aromatic rings. The van der Waals surface area contributed by atoms with E-state index in [1.165, 1.54) is 25.0 Å². The van der Waals surface area contributed by atoms with E-state index in [0.29, 0.717) is 17.2 Å². The van der Waals surface area contributed by atoms with Gasteiger partial charge in [0.05, 0.1) is 19.8 Å². The average molecular weight is 379 g/mol. The van der Waals surface area contributed by atoms with Crippen LogP contribution in [0.25, 0.3) is 0 Å². The maximum absolute atomic E-state index is 5.43. The molecule has 0 radical (unpaired) electrons. The second kappa shape index (κ2) is 8.37. The lowest BCUT2D eigenvalue weighted by Gasteiger charge is -2.34. The molecule has 1 aliphatic carbocycles. The smallest absolute Gasteiger partial charge is 0.248 e. The lowest BCUT2D eigenvalue weighted by molar-refractivity contribution is 0.0382. The molecule has 26 heavy (non-hydrogen) atoms. The van der Waals surface area contributed by atoms with Gasteiger partial charge in [-0.25, -0.2) is 9.67 Å². The highest BCUT2D eigenvalue weighted by Gasteiger charge is 2.33. The summed E-state index contributed by atoms with van der Waals surface area (Å²) in [5.41, 5.74) is 1.30. The van der Waals surface area contributed by atoms with E-state index in [2.05, 4.69) is 34.1 Å². The highest BCUT2D eigenvalue weighted by Crippen LogP contribution is 2.32. The van der Waals surface area contributed by atoms with Crippen molar-refractivity contribution in [3.05, 3.63) is 0 Å². The molecule has 0 spiro atoms. The summed E-state index contributed by atoms with van der Waals surface area (Å²) < 4.78 is 7.44. The molecule has 7 nitrogen and oxygen atoms in total. The maximum atomic E-state index is 5.43. The molecular weight excluding hydrogens is 348 g/mol. The number of morpholine rings is 1. The summed E-state index contributed by atoms with van der Waals surface area (Å²) in [6.45, 7) is 11.2. The van der Waals surface area contributed by atoms with Crippen LogP contribution in [0, 0.1) is 5.92 Å². The number of nitrogens with zero attached hydrogens (tertiary/aromatic N) is 5. The lowest BCUT2D eigenvalue weighted by atomic mass is 9.83. The molecule has 1 saturated carbocycles. The van der Waals surface area contributed by atoms with Gasteiger partial charge in [-0.15, -0.1) is 5.10 Å². The fraction of sp³-hybridized carbons (Fsp3) is 0.833. The fourth-order valence-corrected chi connectivity index (χ4v) is 4.74. The second-order valence-corrected chi connectivity index (χ2v) is 9.21. The van der Waals surface area contributed by atoms with Gasteiger partial charge in [0.25, 0.3) is 0 Å². The van der Waals surface area contributed by atoms with Crippen molar-refractivity contribution in [3.63, 3.8) is 0 Å². The Balaban J connectivity index is 1.39. The second-order valence-electron chi connectivity index (χ2n) is 7.67. The molecule has 3 heterocycles. The summed E-state index contributed by atoms with van der Waals surface area (Å²) >= 11 is 1.71. The highest BCUT2D eigenvalue weighted by atomic mass is 32.2. The van der Waals surface area contributed by atoms with Crippen molar-refractivity contribution in [1.29, 1.82) is 0 Å². The maximum Gasteiger partial charge on any atom is 0.248 e. The first-order valence-corrected chi connectivity index (χ1v) is 10.8. The molecule has 2 atom stereocenters. The number of nitrogens with one attached hydrogen (secondary N) is 1. The SMILES string of the molecule is CC(C)Sc1nc2n(n1)CC1CCCC(NCCN3CCOCC3)C1=N2. The Morgan fingerprint density at radius 3 is 2.92 bits per heavy atom. The number of hydrogen-bond acceptors (Lipinski definition) is 7. The minimum absolute atomic E-state index is 0.390. The number of thioether (sulfide) groups is 1. The third-order valence-electron chi connectivity index (χ3n) is 5.34. The first-order chi connectivity index (χ1) is 12.7. The summed E-state index contributed by atoms with van der Waals surface area (Å²) in [5, 5.41) is 9.76. The minimum atomic E-state index is 0.390. The first-order valence-electron chi connectivity index (χ1n) is 9.92. The molecule has 1 N–H and O–H groups in total. The van der Waals surface area contributed by atoms with E-state index in [1.54, 1.807) is 11.8 Å². The van der Waals surface area contributed by atoms with Gasteiger partial charge in [0.1, 0.15) is 0 Å². The Morgan fingerprint density at radius 2 is 2.12 bits per heavy atom. The number of fused-ring (bicyclic) bond motifs is 2. The minimum Gasteiger partial charge on any atom is -0.379 e. The van der Waals surface area contributed by atoms with Gasteiger partial charge in [-0.3, -0.25) is 4.90 Å². The summed E-state index contributed by atoms with van der Waals surface area (Å²) in [6.07, 6.45) is 3.66. The van der Waals surface area contributed by atoms with Crippen LogP contribution in [-0.4, -0.2) is 76.1 Å². The standard InChI is InChI=1S/C18H30N6OS/c1-13(2)26-18-21-17-20-16-14(12-24(17)22-18)4-3-5-15(16)19-6-7-23-8-10-25-11-9-23/h13-15,19H,3-12H2,1-2H3. The van der Waals surface area contributed by atoms with Gasteiger partial charge < -0.3 is 10.1 Å². The van der Waals surface area contributed by atoms with Gasteiger partial charge in [0, 0.05) is 49.1 Å². The van der Waals surface area contributed by atoms with Crippen molar-refractivity contribution in [1.82, 2.24) is 25.0 Å². The molecule has 4 rings (SSSR count). The van der Waals surface area contributed by atoms with Gasteiger partial charge in [-0.1, -0.05) is 32.0 Å². The Labute approximate surface area is 160 Å². The number of aliphatic imine (C=N–C) groups is 1. The van der Waals surface area contributed by atoms with E-state index in [9.17, 15) is 0 Å². The van der Waals surface area contributed by atoms with E-state index in [1.807, 2.05) is 4.68 Å². The molecule has 2 fully saturated rings. The van der Waals surface area contributed by atoms with Crippen LogP contribution in [-0.2, 0) is 11.3 Å². The van der Waals surface area contributed by atoms with Crippen molar-refractivity contribution in [2.45, 2.75) is 56.1 Å². The van der Waals surface area contributed by atoms with E-state index >= 15 is 0 Å². The molecule has 3 aliphatic rings. The number of rotatable bonds is 6. The Bertz CT molecular complexity index is 640. The van der Waals surface area contributed by atoms with Crippen LogP contribution in [0.5, 0.6) is 0 Å².